The Hall–Kier alpha value is -1.05. The van der Waals surface area contributed by atoms with Gasteiger partial charge in [-0.3, -0.25) is 4.99 Å². The summed E-state index contributed by atoms with van der Waals surface area (Å²) in [5.41, 5.74) is 1.15. The fraction of sp³-hybridized carbons (Fsp3) is 0.667. The molecule has 24 heavy (non-hydrogen) atoms. The van der Waals surface area contributed by atoms with Gasteiger partial charge in [-0.25, -0.2) is 4.98 Å². The van der Waals surface area contributed by atoms with Crippen LogP contribution in [0.4, 0.5) is 0 Å². The van der Waals surface area contributed by atoms with Crippen LogP contribution in [0.2, 0.25) is 0 Å². The number of hydrogen-bond donors (Lipinski definition) is 2. The van der Waals surface area contributed by atoms with Crippen molar-refractivity contribution in [3.05, 3.63) is 23.9 Å². The molecule has 0 aromatic carbocycles. The van der Waals surface area contributed by atoms with Crippen molar-refractivity contribution in [2.75, 3.05) is 20.2 Å². The molecular formula is C18H31IN4O. The van der Waals surface area contributed by atoms with Crippen LogP contribution in [0.5, 0.6) is 5.88 Å². The zero-order valence-corrected chi connectivity index (χ0v) is 17.4. The summed E-state index contributed by atoms with van der Waals surface area (Å²) < 4.78 is 5.73. The molecule has 1 aliphatic carbocycles. The highest BCUT2D eigenvalue weighted by molar-refractivity contribution is 14.0. The average Bonchev–Trinajstić information content (AvgIpc) is 3.41. The van der Waals surface area contributed by atoms with E-state index >= 15 is 0 Å². The summed E-state index contributed by atoms with van der Waals surface area (Å²) in [6.07, 6.45) is 6.76. The van der Waals surface area contributed by atoms with Gasteiger partial charge < -0.3 is 15.4 Å². The summed E-state index contributed by atoms with van der Waals surface area (Å²) in [4.78, 5) is 8.55. The summed E-state index contributed by atoms with van der Waals surface area (Å²) in [7, 11) is 1.80. The molecule has 136 valence electrons. The Morgan fingerprint density at radius 3 is 2.71 bits per heavy atom. The van der Waals surface area contributed by atoms with Crippen LogP contribution < -0.4 is 15.4 Å². The lowest BCUT2D eigenvalue weighted by atomic mass is 10.0. The molecule has 2 N–H and O–H groups in total. The molecule has 0 amide bonds. The van der Waals surface area contributed by atoms with E-state index in [9.17, 15) is 0 Å². The first-order valence-electron chi connectivity index (χ1n) is 8.77. The Balaban J connectivity index is 0.00000288. The van der Waals surface area contributed by atoms with E-state index in [0.29, 0.717) is 12.5 Å². The molecule has 1 aliphatic rings. The van der Waals surface area contributed by atoms with Crippen LogP contribution in [0.25, 0.3) is 0 Å². The van der Waals surface area contributed by atoms with Crippen LogP contribution in [0.3, 0.4) is 0 Å². The first kappa shape index (κ1) is 21.0. The van der Waals surface area contributed by atoms with E-state index in [1.54, 1.807) is 13.2 Å². The summed E-state index contributed by atoms with van der Waals surface area (Å²) in [5, 5.41) is 6.75. The van der Waals surface area contributed by atoms with Gasteiger partial charge in [0, 0.05) is 32.4 Å². The largest absolute Gasteiger partial charge is 0.477 e. The molecule has 0 saturated heterocycles. The number of halogens is 1. The van der Waals surface area contributed by atoms with E-state index in [4.69, 9.17) is 4.74 Å². The van der Waals surface area contributed by atoms with Crippen LogP contribution in [-0.2, 0) is 6.54 Å². The normalized spacial score (nSPS) is 14.2. The molecule has 0 aliphatic heterocycles. The second-order valence-corrected chi connectivity index (χ2v) is 6.25. The first-order chi connectivity index (χ1) is 11.2. The Kier molecular flexibility index (Phi) is 10.1. The van der Waals surface area contributed by atoms with E-state index in [1.165, 1.54) is 25.7 Å². The first-order valence-corrected chi connectivity index (χ1v) is 8.77. The monoisotopic (exact) mass is 446 g/mol. The molecule has 0 bridgehead atoms. The maximum atomic E-state index is 5.73. The number of aromatic nitrogens is 1. The Bertz CT molecular complexity index is 502. The van der Waals surface area contributed by atoms with Gasteiger partial charge in [-0.05, 0) is 36.3 Å². The van der Waals surface area contributed by atoms with E-state index in [0.717, 1.165) is 36.5 Å². The van der Waals surface area contributed by atoms with E-state index in [2.05, 4.69) is 34.5 Å². The van der Waals surface area contributed by atoms with Gasteiger partial charge in [-0.2, -0.15) is 0 Å². The molecule has 1 aromatic rings. The highest BCUT2D eigenvalue weighted by Gasteiger charge is 2.22. The zero-order valence-electron chi connectivity index (χ0n) is 15.0. The van der Waals surface area contributed by atoms with Crippen LogP contribution in [0.15, 0.2) is 23.3 Å². The number of pyridine rings is 1. The van der Waals surface area contributed by atoms with Crippen molar-refractivity contribution in [2.24, 2.45) is 16.8 Å². The second-order valence-electron chi connectivity index (χ2n) is 6.25. The van der Waals surface area contributed by atoms with Gasteiger partial charge in [0.2, 0.25) is 5.88 Å². The molecule has 0 radical (unpaired) electrons. The summed E-state index contributed by atoms with van der Waals surface area (Å²) in [6.45, 7) is 6.92. The van der Waals surface area contributed by atoms with Crippen LogP contribution in [-0.4, -0.2) is 31.1 Å². The predicted octanol–water partition coefficient (Wildman–Crippen LogP) is 3.59. The third-order valence-electron chi connectivity index (χ3n) is 4.36. The van der Waals surface area contributed by atoms with Crippen molar-refractivity contribution in [2.45, 2.75) is 46.1 Å². The minimum atomic E-state index is 0. The minimum Gasteiger partial charge on any atom is -0.477 e. The van der Waals surface area contributed by atoms with Gasteiger partial charge in [0.1, 0.15) is 0 Å². The summed E-state index contributed by atoms with van der Waals surface area (Å²) in [5.74, 6) is 2.99. The van der Waals surface area contributed by atoms with Gasteiger partial charge in [-0.15, -0.1) is 24.0 Å². The highest BCUT2D eigenvalue weighted by Crippen LogP contribution is 2.29. The maximum Gasteiger partial charge on any atom is 0.213 e. The lowest BCUT2D eigenvalue weighted by molar-refractivity contribution is 0.288. The number of guanidine groups is 1. The quantitative estimate of drug-likeness (QED) is 0.346. The fourth-order valence-corrected chi connectivity index (χ4v) is 2.35. The fourth-order valence-electron chi connectivity index (χ4n) is 2.35. The standard InChI is InChI=1S/C18H30N4O.HI/c1-4-14(5-2)11-21-18(19-3)22-12-16-8-9-20-17(10-16)23-13-15-6-7-15;/h8-10,14-15H,4-7,11-13H2,1-3H3,(H2,19,21,22);1H. The summed E-state index contributed by atoms with van der Waals surface area (Å²) in [6, 6.07) is 4.01. The third-order valence-corrected chi connectivity index (χ3v) is 4.36. The number of nitrogens with zero attached hydrogens (tertiary/aromatic N) is 2. The van der Waals surface area contributed by atoms with Gasteiger partial charge in [0.05, 0.1) is 6.61 Å². The van der Waals surface area contributed by atoms with Crippen LogP contribution in [0, 0.1) is 11.8 Å². The lowest BCUT2D eigenvalue weighted by Crippen LogP contribution is -2.39. The number of aliphatic imine (C=N–C) groups is 1. The third kappa shape index (κ3) is 7.68. The molecule has 1 fully saturated rings. The molecule has 0 atom stereocenters. The molecule has 6 heteroatoms. The molecule has 2 rings (SSSR count). The average molecular weight is 446 g/mol. The van der Waals surface area contributed by atoms with Crippen LogP contribution in [0.1, 0.15) is 45.1 Å². The van der Waals surface area contributed by atoms with Gasteiger partial charge >= 0.3 is 0 Å². The van der Waals surface area contributed by atoms with Crippen molar-refractivity contribution >= 4 is 29.9 Å². The van der Waals surface area contributed by atoms with Crippen LogP contribution >= 0.6 is 24.0 Å². The SMILES string of the molecule is CCC(CC)CNC(=NC)NCc1ccnc(OCC2CC2)c1.I. The molecule has 1 saturated carbocycles. The molecule has 1 heterocycles. The number of ether oxygens (including phenoxy) is 1. The highest BCUT2D eigenvalue weighted by atomic mass is 127. The van der Waals surface area contributed by atoms with Crippen molar-refractivity contribution in [3.8, 4) is 5.88 Å². The second kappa shape index (κ2) is 11.5. The lowest BCUT2D eigenvalue weighted by Gasteiger charge is -2.16. The van der Waals surface area contributed by atoms with E-state index in [1.807, 2.05) is 12.1 Å². The predicted molar refractivity (Wildman–Crippen MR) is 110 cm³/mol. The number of hydrogen-bond acceptors (Lipinski definition) is 3. The topological polar surface area (TPSA) is 58.5 Å². The Morgan fingerprint density at radius 2 is 2.08 bits per heavy atom. The van der Waals surface area contributed by atoms with Crippen molar-refractivity contribution in [1.82, 2.24) is 15.6 Å². The Morgan fingerprint density at radius 1 is 1.33 bits per heavy atom. The number of nitrogens with one attached hydrogen (secondary N) is 2. The van der Waals surface area contributed by atoms with Crippen molar-refractivity contribution in [3.63, 3.8) is 0 Å². The van der Waals surface area contributed by atoms with Gasteiger partial charge in [0.15, 0.2) is 5.96 Å². The molecular weight excluding hydrogens is 415 g/mol. The Labute approximate surface area is 163 Å². The zero-order chi connectivity index (χ0) is 16.5. The van der Waals surface area contributed by atoms with E-state index in [-0.39, 0.29) is 24.0 Å². The van der Waals surface area contributed by atoms with Crippen molar-refractivity contribution in [1.29, 1.82) is 0 Å². The maximum absolute atomic E-state index is 5.73. The van der Waals surface area contributed by atoms with Gasteiger partial charge in [0.25, 0.3) is 0 Å². The molecule has 0 spiro atoms. The van der Waals surface area contributed by atoms with E-state index < -0.39 is 0 Å². The summed E-state index contributed by atoms with van der Waals surface area (Å²) >= 11 is 0. The smallest absolute Gasteiger partial charge is 0.213 e. The molecule has 1 aromatic heterocycles. The molecule has 5 nitrogen and oxygen atoms in total. The number of rotatable bonds is 9. The molecule has 0 unspecified atom stereocenters. The van der Waals surface area contributed by atoms with Crippen molar-refractivity contribution < 1.29 is 4.74 Å². The van der Waals surface area contributed by atoms with Gasteiger partial charge in [-0.1, -0.05) is 26.7 Å². The minimum absolute atomic E-state index is 0.